The summed E-state index contributed by atoms with van der Waals surface area (Å²) in [5.41, 5.74) is 0. The molecule has 2 radical (unpaired) electrons. The van der Waals surface area contributed by atoms with Crippen molar-refractivity contribution in [3.8, 4) is 0 Å². The van der Waals surface area contributed by atoms with E-state index < -0.39 is 23.7 Å². The second-order valence-corrected chi connectivity index (χ2v) is 2.18. The Kier molecular flexibility index (Phi) is 4.81. The summed E-state index contributed by atoms with van der Waals surface area (Å²) in [6.07, 6.45) is -0.849. The van der Waals surface area contributed by atoms with E-state index in [1.165, 1.54) is 0 Å². The Hall–Kier alpha value is -0.615. The van der Waals surface area contributed by atoms with Gasteiger partial charge in [0.1, 0.15) is 12.7 Å². The summed E-state index contributed by atoms with van der Waals surface area (Å²) in [7, 11) is 5.06. The highest BCUT2D eigenvalue weighted by Gasteiger charge is 2.27. The van der Waals surface area contributed by atoms with E-state index in [-0.39, 0.29) is 12.7 Å². The van der Waals surface area contributed by atoms with Gasteiger partial charge in [-0.15, -0.1) is 0 Å². The Morgan fingerprint density at radius 1 is 1.64 bits per heavy atom. The average Bonchev–Trinajstić information content (AvgIpc) is 1.88. The third kappa shape index (κ3) is 3.34. The van der Waals surface area contributed by atoms with Crippen molar-refractivity contribution in [2.24, 2.45) is 0 Å². The van der Waals surface area contributed by atoms with Crippen LogP contribution in [0.5, 0.6) is 0 Å². The lowest BCUT2D eigenvalue weighted by atomic mass is 9.96. The first kappa shape index (κ1) is 10.4. The summed E-state index contributed by atoms with van der Waals surface area (Å²) in [5.74, 6) is 0. The van der Waals surface area contributed by atoms with Gasteiger partial charge in [-0.3, -0.25) is 10.1 Å². The molecule has 0 rings (SSSR count). The van der Waals surface area contributed by atoms with Crippen LogP contribution in [0.1, 0.15) is 6.42 Å². The van der Waals surface area contributed by atoms with E-state index in [0.717, 1.165) is 0 Å². The topological polar surface area (TPSA) is 83.6 Å². The fraction of sp³-hybridized carbons (Fsp3) is 1.00. The molecule has 0 aromatic rings. The van der Waals surface area contributed by atoms with Gasteiger partial charge >= 0.3 is 0 Å². The van der Waals surface area contributed by atoms with E-state index in [1.807, 2.05) is 0 Å². The minimum atomic E-state index is -1.31. The van der Waals surface area contributed by atoms with Gasteiger partial charge < -0.3 is 10.2 Å². The average molecular weight is 159 g/mol. The summed E-state index contributed by atoms with van der Waals surface area (Å²) in [6.45, 7) is -0.659. The monoisotopic (exact) mass is 159 g/mol. The Labute approximate surface area is 65.6 Å². The molecule has 0 bridgehead atoms. The maximum atomic E-state index is 10.1. The normalized spacial score (nSPS) is 15.8. The first-order valence-electron chi connectivity index (χ1n) is 3.26. The minimum absolute atomic E-state index is 0.131. The standard InChI is InChI=1S/C5H10BNO4/c6-2-1-5(9)4(3-8)7(10)11/h4-5,8-9H,1-3H2/t4-,5?/m0/s1. The predicted molar refractivity (Wildman–Crippen MR) is 39.1 cm³/mol. The third-order valence-electron chi connectivity index (χ3n) is 1.36. The first-order chi connectivity index (χ1) is 5.13. The highest BCUT2D eigenvalue weighted by molar-refractivity contribution is 6.08. The van der Waals surface area contributed by atoms with E-state index in [9.17, 15) is 10.1 Å². The summed E-state index contributed by atoms with van der Waals surface area (Å²) in [5, 5.41) is 27.5. The Balaban J connectivity index is 3.91. The van der Waals surface area contributed by atoms with Crippen molar-refractivity contribution in [3.05, 3.63) is 10.1 Å². The molecule has 62 valence electrons. The van der Waals surface area contributed by atoms with Gasteiger partial charge in [0, 0.05) is 4.92 Å². The molecule has 0 aromatic heterocycles. The molecule has 0 spiro atoms. The van der Waals surface area contributed by atoms with Crippen molar-refractivity contribution >= 4 is 7.85 Å². The van der Waals surface area contributed by atoms with Crippen LogP contribution < -0.4 is 0 Å². The molecule has 0 aromatic carbocycles. The minimum Gasteiger partial charge on any atom is -0.389 e. The van der Waals surface area contributed by atoms with E-state index >= 15 is 0 Å². The lowest BCUT2D eigenvalue weighted by Gasteiger charge is -2.12. The van der Waals surface area contributed by atoms with Gasteiger partial charge in [0.15, 0.2) is 0 Å². The van der Waals surface area contributed by atoms with E-state index in [0.29, 0.717) is 0 Å². The van der Waals surface area contributed by atoms with Crippen LogP contribution >= 0.6 is 0 Å². The van der Waals surface area contributed by atoms with E-state index in [2.05, 4.69) is 0 Å². The fourth-order valence-corrected chi connectivity index (χ4v) is 0.692. The predicted octanol–water partition coefficient (Wildman–Crippen LogP) is -1.04. The number of aliphatic hydroxyl groups is 2. The van der Waals surface area contributed by atoms with Gasteiger partial charge in [-0.25, -0.2) is 0 Å². The van der Waals surface area contributed by atoms with Crippen LogP contribution in [0.2, 0.25) is 6.32 Å². The number of rotatable bonds is 5. The molecule has 1 unspecified atom stereocenters. The molecule has 0 saturated carbocycles. The molecule has 0 fully saturated rings. The molecular formula is C5H10BNO4. The molecule has 0 aliphatic carbocycles. The fourth-order valence-electron chi connectivity index (χ4n) is 0.692. The van der Waals surface area contributed by atoms with Crippen LogP contribution in [0.4, 0.5) is 0 Å². The first-order valence-corrected chi connectivity index (χ1v) is 3.26. The zero-order valence-electron chi connectivity index (χ0n) is 6.01. The summed E-state index contributed by atoms with van der Waals surface area (Å²) >= 11 is 0. The maximum Gasteiger partial charge on any atom is 0.261 e. The van der Waals surface area contributed by atoms with Gasteiger partial charge in [-0.2, -0.15) is 0 Å². The number of nitrogens with zero attached hydrogens (tertiary/aromatic N) is 1. The molecule has 0 saturated heterocycles. The number of nitro groups is 1. The van der Waals surface area contributed by atoms with Crippen LogP contribution in [0.25, 0.3) is 0 Å². The van der Waals surface area contributed by atoms with E-state index in [4.69, 9.17) is 18.1 Å². The van der Waals surface area contributed by atoms with Crippen molar-refractivity contribution in [2.45, 2.75) is 24.9 Å². The second kappa shape index (κ2) is 5.09. The van der Waals surface area contributed by atoms with E-state index in [1.54, 1.807) is 0 Å². The highest BCUT2D eigenvalue weighted by atomic mass is 16.6. The van der Waals surface area contributed by atoms with Gasteiger partial charge in [-0.1, -0.05) is 6.32 Å². The molecule has 2 N–H and O–H groups in total. The number of hydrogen-bond acceptors (Lipinski definition) is 4. The van der Waals surface area contributed by atoms with Crippen molar-refractivity contribution in [1.29, 1.82) is 0 Å². The Morgan fingerprint density at radius 3 is 2.45 bits per heavy atom. The van der Waals surface area contributed by atoms with Crippen molar-refractivity contribution in [2.75, 3.05) is 6.61 Å². The van der Waals surface area contributed by atoms with Crippen molar-refractivity contribution in [3.63, 3.8) is 0 Å². The third-order valence-corrected chi connectivity index (χ3v) is 1.36. The van der Waals surface area contributed by atoms with Crippen molar-refractivity contribution < 1.29 is 15.1 Å². The lowest BCUT2D eigenvalue weighted by molar-refractivity contribution is -0.537. The van der Waals surface area contributed by atoms with Crippen LogP contribution in [-0.2, 0) is 0 Å². The van der Waals surface area contributed by atoms with Crippen LogP contribution in [0.15, 0.2) is 0 Å². The number of hydrogen-bond donors (Lipinski definition) is 2. The zero-order valence-corrected chi connectivity index (χ0v) is 6.01. The van der Waals surface area contributed by atoms with Gasteiger partial charge in [0.25, 0.3) is 6.04 Å². The molecule has 0 amide bonds. The van der Waals surface area contributed by atoms with Gasteiger partial charge in [0.05, 0.1) is 7.85 Å². The largest absolute Gasteiger partial charge is 0.389 e. The van der Waals surface area contributed by atoms with Gasteiger partial charge in [-0.05, 0) is 6.42 Å². The highest BCUT2D eigenvalue weighted by Crippen LogP contribution is 2.03. The quantitative estimate of drug-likeness (QED) is 0.305. The molecule has 0 heterocycles. The summed E-state index contributed by atoms with van der Waals surface area (Å²) in [4.78, 5) is 9.38. The molecule has 2 atom stereocenters. The maximum absolute atomic E-state index is 10.1. The van der Waals surface area contributed by atoms with Crippen LogP contribution in [0, 0.1) is 10.1 Å². The molecule has 5 nitrogen and oxygen atoms in total. The summed E-state index contributed by atoms with van der Waals surface area (Å²) < 4.78 is 0. The number of aliphatic hydroxyl groups excluding tert-OH is 2. The smallest absolute Gasteiger partial charge is 0.261 e. The molecule has 0 aliphatic heterocycles. The zero-order chi connectivity index (χ0) is 8.85. The van der Waals surface area contributed by atoms with Crippen molar-refractivity contribution in [1.82, 2.24) is 0 Å². The van der Waals surface area contributed by atoms with Crippen LogP contribution in [-0.4, -0.2) is 41.7 Å². The van der Waals surface area contributed by atoms with Crippen LogP contribution in [0.3, 0.4) is 0 Å². The SMILES string of the molecule is [B]CCC(O)[C@H](CO)[N+](=O)[O-]. The lowest BCUT2D eigenvalue weighted by Crippen LogP contribution is -2.36. The second-order valence-electron chi connectivity index (χ2n) is 2.18. The van der Waals surface area contributed by atoms with Gasteiger partial charge in [0.2, 0.25) is 0 Å². The Bertz CT molecular complexity index is 132. The summed E-state index contributed by atoms with van der Waals surface area (Å²) in [6, 6.07) is -1.31. The molecular weight excluding hydrogens is 149 g/mol. The molecule has 11 heavy (non-hydrogen) atoms. The molecule has 0 aliphatic rings. The Morgan fingerprint density at radius 2 is 2.18 bits per heavy atom. The molecule has 6 heteroatoms.